The van der Waals surface area contributed by atoms with E-state index in [0.29, 0.717) is 25.7 Å². The first-order chi connectivity index (χ1) is 16.6. The molecule has 8 nitrogen and oxygen atoms in total. The maximum atomic E-state index is 12.4. The van der Waals surface area contributed by atoms with Crippen LogP contribution in [0.15, 0.2) is 12.2 Å². The minimum absolute atomic E-state index is 0.00970. The molecule has 0 aromatic carbocycles. The first-order valence-corrected chi connectivity index (χ1v) is 13.0. The second-order valence-corrected chi connectivity index (χ2v) is 12.3. The molecule has 0 aromatic rings. The van der Waals surface area contributed by atoms with E-state index in [1.54, 1.807) is 0 Å². The lowest BCUT2D eigenvalue weighted by Gasteiger charge is -2.67. The normalized spacial score (nSPS) is 42.4. The first kappa shape index (κ1) is 26.7. The van der Waals surface area contributed by atoms with Crippen molar-refractivity contribution in [2.45, 2.75) is 105 Å². The van der Waals surface area contributed by atoms with Crippen LogP contribution in [0.25, 0.3) is 0 Å². The van der Waals surface area contributed by atoms with Crippen molar-refractivity contribution in [1.82, 2.24) is 0 Å². The third kappa shape index (κ3) is 3.95. The van der Waals surface area contributed by atoms with Gasteiger partial charge in [0.1, 0.15) is 24.4 Å². The van der Waals surface area contributed by atoms with E-state index in [1.807, 2.05) is 0 Å². The lowest BCUT2D eigenvalue weighted by atomic mass is 9.39. The molecule has 4 aliphatic rings. The summed E-state index contributed by atoms with van der Waals surface area (Å²) in [6, 6.07) is 0. The predicted octanol–water partition coefficient (Wildman–Crippen LogP) is 4.14. The molecule has 0 N–H and O–H groups in total. The largest absolute Gasteiger partial charge is 0.462 e. The molecule has 4 aliphatic carbocycles. The van der Waals surface area contributed by atoms with E-state index in [2.05, 4.69) is 27.4 Å². The average Bonchev–Trinajstić information content (AvgIpc) is 2.93. The topological polar surface area (TPSA) is 105 Å². The van der Waals surface area contributed by atoms with Crippen LogP contribution in [0, 0.1) is 34.0 Å². The standard InChI is InChI=1S/C28H40O8/c1-14-19-11-20(33-15(2)29)24-27(8)10-9-22(34-16(3)30)26(6,7)21(27)12-23(35-17(4)31)28(24,13-19)25(14)36-18(5)32/h19-25H,1,9-13H2,2-8H3/t19-,20+,21?,22-,23-,24+,25-,27-,28+/m1/s1. The van der Waals surface area contributed by atoms with E-state index in [0.717, 1.165) is 12.0 Å². The summed E-state index contributed by atoms with van der Waals surface area (Å²) >= 11 is 0. The molecular weight excluding hydrogens is 464 g/mol. The summed E-state index contributed by atoms with van der Waals surface area (Å²) in [4.78, 5) is 49.0. The minimum atomic E-state index is -0.757. The SMILES string of the molecule is C=C1[C@@H]2C[C@H](OC(C)=O)[C@@H]3[C@@](C2)([C@@H]1OC(C)=O)[C@H](OC(C)=O)CC1C(C)(C)[C@H](OC(C)=O)CC[C@]13C. The number of fused-ring (bicyclic) bond motifs is 3. The Morgan fingerprint density at radius 3 is 1.92 bits per heavy atom. The van der Waals surface area contributed by atoms with E-state index in [9.17, 15) is 19.2 Å². The highest BCUT2D eigenvalue weighted by molar-refractivity contribution is 5.68. The average molecular weight is 505 g/mol. The van der Waals surface area contributed by atoms with Gasteiger partial charge in [-0.15, -0.1) is 0 Å². The van der Waals surface area contributed by atoms with Crippen molar-refractivity contribution in [3.8, 4) is 0 Å². The maximum absolute atomic E-state index is 12.4. The fraction of sp³-hybridized carbons (Fsp3) is 0.786. The summed E-state index contributed by atoms with van der Waals surface area (Å²) in [6.07, 6.45) is 1.24. The van der Waals surface area contributed by atoms with Crippen LogP contribution < -0.4 is 0 Å². The Morgan fingerprint density at radius 2 is 1.36 bits per heavy atom. The Bertz CT molecular complexity index is 984. The maximum Gasteiger partial charge on any atom is 0.303 e. The molecule has 0 aromatic heterocycles. The first-order valence-electron chi connectivity index (χ1n) is 13.0. The van der Waals surface area contributed by atoms with Crippen molar-refractivity contribution >= 4 is 23.9 Å². The van der Waals surface area contributed by atoms with Gasteiger partial charge in [-0.2, -0.15) is 0 Å². The van der Waals surface area contributed by atoms with Gasteiger partial charge in [0.25, 0.3) is 0 Å². The second-order valence-electron chi connectivity index (χ2n) is 12.3. The summed E-state index contributed by atoms with van der Waals surface area (Å²) in [5.74, 6) is -1.78. The summed E-state index contributed by atoms with van der Waals surface area (Å²) in [5, 5.41) is 0. The molecule has 0 heterocycles. The fourth-order valence-electron chi connectivity index (χ4n) is 8.94. The van der Waals surface area contributed by atoms with Crippen molar-refractivity contribution in [2.75, 3.05) is 0 Å². The van der Waals surface area contributed by atoms with Crippen molar-refractivity contribution in [3.05, 3.63) is 12.2 Å². The van der Waals surface area contributed by atoms with Crippen molar-refractivity contribution in [2.24, 2.45) is 34.0 Å². The highest BCUT2D eigenvalue weighted by Crippen LogP contribution is 2.73. The van der Waals surface area contributed by atoms with Crippen LogP contribution in [-0.2, 0) is 38.1 Å². The Labute approximate surface area is 213 Å². The monoisotopic (exact) mass is 504 g/mol. The molecule has 8 heteroatoms. The van der Waals surface area contributed by atoms with Crippen molar-refractivity contribution in [3.63, 3.8) is 0 Å². The lowest BCUT2D eigenvalue weighted by Crippen LogP contribution is -2.69. The third-order valence-corrected chi connectivity index (χ3v) is 9.86. The lowest BCUT2D eigenvalue weighted by molar-refractivity contribution is -0.269. The van der Waals surface area contributed by atoms with Crippen LogP contribution in [0.3, 0.4) is 0 Å². The smallest absolute Gasteiger partial charge is 0.303 e. The van der Waals surface area contributed by atoms with Gasteiger partial charge in [0.2, 0.25) is 0 Å². The van der Waals surface area contributed by atoms with E-state index < -0.39 is 41.1 Å². The van der Waals surface area contributed by atoms with Gasteiger partial charge in [-0.05, 0) is 54.9 Å². The molecule has 2 bridgehead atoms. The number of ether oxygens (including phenoxy) is 4. The predicted molar refractivity (Wildman–Crippen MR) is 129 cm³/mol. The minimum Gasteiger partial charge on any atom is -0.462 e. The number of hydrogen-bond donors (Lipinski definition) is 0. The van der Waals surface area contributed by atoms with Gasteiger partial charge in [-0.3, -0.25) is 19.2 Å². The van der Waals surface area contributed by atoms with Crippen molar-refractivity contribution in [1.29, 1.82) is 0 Å². The Kier molecular flexibility index (Phi) is 6.58. The number of carbonyl (C=O) groups excluding carboxylic acids is 4. The zero-order chi connectivity index (χ0) is 26.8. The van der Waals surface area contributed by atoms with E-state index in [-0.39, 0.29) is 41.2 Å². The number of hydrogen-bond acceptors (Lipinski definition) is 8. The molecule has 0 amide bonds. The molecule has 4 saturated carbocycles. The Balaban J connectivity index is 1.91. The van der Waals surface area contributed by atoms with E-state index in [1.165, 1.54) is 27.7 Å². The summed E-state index contributed by atoms with van der Waals surface area (Å²) in [5.41, 5.74) is -0.738. The van der Waals surface area contributed by atoms with Crippen LogP contribution in [0.5, 0.6) is 0 Å². The Morgan fingerprint density at radius 1 is 0.806 bits per heavy atom. The molecule has 9 atom stereocenters. The van der Waals surface area contributed by atoms with Gasteiger partial charge in [-0.1, -0.05) is 27.4 Å². The Hall–Kier alpha value is -2.38. The summed E-state index contributed by atoms with van der Waals surface area (Å²) in [7, 11) is 0. The zero-order valence-electron chi connectivity index (χ0n) is 22.6. The molecule has 200 valence electrons. The van der Waals surface area contributed by atoms with Crippen LogP contribution in [-0.4, -0.2) is 48.3 Å². The van der Waals surface area contributed by atoms with Crippen LogP contribution in [0.1, 0.15) is 80.6 Å². The quantitative estimate of drug-likeness (QED) is 0.320. The van der Waals surface area contributed by atoms with E-state index >= 15 is 0 Å². The van der Waals surface area contributed by atoms with Gasteiger partial charge in [0.05, 0.1) is 5.41 Å². The molecule has 1 unspecified atom stereocenters. The molecule has 0 saturated heterocycles. The number of carbonyl (C=O) groups is 4. The number of rotatable bonds is 4. The van der Waals surface area contributed by atoms with Gasteiger partial charge in [0.15, 0.2) is 0 Å². The molecule has 4 fully saturated rings. The second kappa shape index (κ2) is 8.88. The van der Waals surface area contributed by atoms with Crippen LogP contribution >= 0.6 is 0 Å². The zero-order valence-corrected chi connectivity index (χ0v) is 22.6. The number of esters is 4. The summed E-state index contributed by atoms with van der Waals surface area (Å²) < 4.78 is 23.9. The molecular formula is C28H40O8. The molecule has 0 aliphatic heterocycles. The summed E-state index contributed by atoms with van der Waals surface area (Å²) in [6.45, 7) is 16.4. The van der Waals surface area contributed by atoms with Gasteiger partial charge >= 0.3 is 23.9 Å². The highest BCUT2D eigenvalue weighted by atomic mass is 16.6. The third-order valence-electron chi connectivity index (χ3n) is 9.86. The molecule has 4 rings (SSSR count). The fourth-order valence-corrected chi connectivity index (χ4v) is 8.94. The molecule has 0 radical (unpaired) electrons. The highest BCUT2D eigenvalue weighted by Gasteiger charge is 2.75. The van der Waals surface area contributed by atoms with Gasteiger partial charge < -0.3 is 18.9 Å². The van der Waals surface area contributed by atoms with Crippen molar-refractivity contribution < 1.29 is 38.1 Å². The molecule has 1 spiro atoms. The molecule has 36 heavy (non-hydrogen) atoms. The van der Waals surface area contributed by atoms with Crippen LogP contribution in [0.2, 0.25) is 0 Å². The van der Waals surface area contributed by atoms with Gasteiger partial charge in [0, 0.05) is 39.0 Å². The van der Waals surface area contributed by atoms with E-state index in [4.69, 9.17) is 18.9 Å². The van der Waals surface area contributed by atoms with Crippen LogP contribution in [0.4, 0.5) is 0 Å². The van der Waals surface area contributed by atoms with Gasteiger partial charge in [-0.25, -0.2) is 0 Å².